The molecule has 4 rings (SSSR count). The van der Waals surface area contributed by atoms with Crippen molar-refractivity contribution in [2.45, 2.75) is 19.3 Å². The largest absolute Gasteiger partial charge is 0.129 e. The first kappa shape index (κ1) is 19.7. The van der Waals surface area contributed by atoms with Gasteiger partial charge in [-0.15, -0.1) is 5.73 Å². The molecule has 0 radical (unpaired) electrons. The topological polar surface area (TPSA) is 0 Å². The van der Waals surface area contributed by atoms with Crippen LogP contribution in [0.3, 0.4) is 0 Å². The van der Waals surface area contributed by atoms with Crippen LogP contribution >= 0.6 is 0 Å². The second kappa shape index (κ2) is 9.27. The van der Waals surface area contributed by atoms with E-state index in [9.17, 15) is 0 Å². The monoisotopic (exact) mass is 386 g/mol. The molecule has 1 aliphatic rings. The van der Waals surface area contributed by atoms with Crippen molar-refractivity contribution in [3.05, 3.63) is 133 Å². The first-order chi connectivity index (χ1) is 14.8. The van der Waals surface area contributed by atoms with Gasteiger partial charge in [0.15, 0.2) is 0 Å². The first-order valence-corrected chi connectivity index (χ1v) is 10.4. The molecule has 30 heavy (non-hydrogen) atoms. The van der Waals surface area contributed by atoms with Gasteiger partial charge in [0.1, 0.15) is 0 Å². The van der Waals surface area contributed by atoms with E-state index in [-0.39, 0.29) is 0 Å². The van der Waals surface area contributed by atoms with Crippen LogP contribution in [-0.4, -0.2) is 0 Å². The molecule has 0 heterocycles. The van der Waals surface area contributed by atoms with Crippen molar-refractivity contribution in [1.82, 2.24) is 0 Å². The van der Waals surface area contributed by atoms with Crippen LogP contribution in [0.5, 0.6) is 0 Å². The summed E-state index contributed by atoms with van der Waals surface area (Å²) in [7, 11) is 0. The van der Waals surface area contributed by atoms with Gasteiger partial charge in [0, 0.05) is 0 Å². The Morgan fingerprint density at radius 1 is 0.833 bits per heavy atom. The van der Waals surface area contributed by atoms with Gasteiger partial charge >= 0.3 is 0 Å². The summed E-state index contributed by atoms with van der Waals surface area (Å²) in [5, 5.41) is 5.20. The summed E-state index contributed by atoms with van der Waals surface area (Å²) >= 11 is 0. The van der Waals surface area contributed by atoms with Crippen LogP contribution in [0, 0.1) is 0 Å². The highest BCUT2D eigenvalue weighted by Gasteiger charge is 2.21. The van der Waals surface area contributed by atoms with Crippen LogP contribution in [0.1, 0.15) is 24.0 Å². The van der Waals surface area contributed by atoms with E-state index in [2.05, 4.69) is 91.7 Å². The second-order valence-corrected chi connectivity index (χ2v) is 7.51. The second-order valence-electron chi connectivity index (χ2n) is 7.51. The zero-order chi connectivity index (χ0) is 20.8. The molecule has 3 aromatic rings. The van der Waals surface area contributed by atoms with Crippen LogP contribution in [-0.2, 0) is 6.42 Å². The first-order valence-electron chi connectivity index (χ1n) is 10.4. The maximum atomic E-state index is 3.77. The highest BCUT2D eigenvalue weighted by Crippen LogP contribution is 2.40. The molecule has 0 bridgehead atoms. The van der Waals surface area contributed by atoms with Crippen LogP contribution in [0.2, 0.25) is 0 Å². The third-order valence-corrected chi connectivity index (χ3v) is 5.52. The quantitative estimate of drug-likeness (QED) is 0.227. The third kappa shape index (κ3) is 4.20. The number of rotatable bonds is 6. The Labute approximate surface area is 179 Å². The summed E-state index contributed by atoms with van der Waals surface area (Å²) in [6.07, 6.45) is 19.5. The molecule has 0 nitrogen and oxygen atoms in total. The van der Waals surface area contributed by atoms with E-state index in [1.807, 2.05) is 24.3 Å². The highest BCUT2D eigenvalue weighted by molar-refractivity contribution is 6.01. The minimum Gasteiger partial charge on any atom is -0.129 e. The minimum absolute atomic E-state index is 0.906. The lowest BCUT2D eigenvalue weighted by molar-refractivity contribution is 1.23. The molecule has 0 aromatic heterocycles. The minimum atomic E-state index is 0.906. The van der Waals surface area contributed by atoms with Gasteiger partial charge in [-0.05, 0) is 87.4 Å². The lowest BCUT2D eigenvalue weighted by atomic mass is 9.97. The average Bonchev–Trinajstić information content (AvgIpc) is 3.09. The number of fused-ring (bicyclic) bond motifs is 3. The Morgan fingerprint density at radius 2 is 1.53 bits per heavy atom. The molecule has 0 amide bonds. The molecular weight excluding hydrogens is 360 g/mol. The molecule has 0 atom stereocenters. The van der Waals surface area contributed by atoms with Gasteiger partial charge in [0.25, 0.3) is 0 Å². The van der Waals surface area contributed by atoms with E-state index in [0.29, 0.717) is 0 Å². The van der Waals surface area contributed by atoms with Crippen molar-refractivity contribution in [3.8, 4) is 0 Å². The standard InChI is InChI=1S/C30H26/c1-3-5-7-9-10-16-25-20-28-21-26-18-23-14-12-13-15-24(23)19-27(26)22-30(28)29(25)17-11-8-6-4-2/h4-9,12-19,21-22H,1-2,10-11,20H2/b8-6+,9-7+,25-16-,29-17+. The number of hydrogen-bond donors (Lipinski definition) is 0. The molecule has 0 aliphatic heterocycles. The highest BCUT2D eigenvalue weighted by atomic mass is 14.2. The van der Waals surface area contributed by atoms with Gasteiger partial charge in [-0.25, -0.2) is 0 Å². The van der Waals surface area contributed by atoms with E-state index in [1.54, 1.807) is 0 Å². The van der Waals surface area contributed by atoms with E-state index in [0.717, 1.165) is 19.3 Å². The molecule has 146 valence electrons. The van der Waals surface area contributed by atoms with Gasteiger partial charge in [-0.2, -0.15) is 0 Å². The lowest BCUT2D eigenvalue weighted by Gasteiger charge is -2.07. The Hall–Kier alpha value is -3.60. The molecular formula is C30H26. The van der Waals surface area contributed by atoms with Crippen LogP contribution in [0.15, 0.2) is 122 Å². The maximum Gasteiger partial charge on any atom is -0.00164 e. The number of hydrogen-bond acceptors (Lipinski definition) is 0. The zero-order valence-electron chi connectivity index (χ0n) is 17.3. The molecule has 0 spiro atoms. The van der Waals surface area contributed by atoms with Gasteiger partial charge in [-0.3, -0.25) is 0 Å². The summed E-state index contributed by atoms with van der Waals surface area (Å²) in [4.78, 5) is 0. The predicted molar refractivity (Wildman–Crippen MR) is 133 cm³/mol. The van der Waals surface area contributed by atoms with Gasteiger partial charge in [0.05, 0.1) is 0 Å². The normalized spacial score (nSPS) is 16.1. The fourth-order valence-corrected chi connectivity index (χ4v) is 4.12. The Bertz CT molecular complexity index is 1270. The van der Waals surface area contributed by atoms with E-state index < -0.39 is 0 Å². The molecule has 3 aromatic carbocycles. The molecule has 1 aliphatic carbocycles. The molecule has 0 N–H and O–H groups in total. The smallest absolute Gasteiger partial charge is 0.00164 e. The van der Waals surface area contributed by atoms with Crippen molar-refractivity contribution in [1.29, 1.82) is 0 Å². The van der Waals surface area contributed by atoms with Crippen molar-refractivity contribution in [2.75, 3.05) is 0 Å². The van der Waals surface area contributed by atoms with Crippen LogP contribution in [0.25, 0.3) is 27.1 Å². The Kier molecular flexibility index (Phi) is 6.09. The van der Waals surface area contributed by atoms with E-state index in [1.165, 1.54) is 43.8 Å². The van der Waals surface area contributed by atoms with Crippen molar-refractivity contribution < 1.29 is 0 Å². The van der Waals surface area contributed by atoms with Gasteiger partial charge < -0.3 is 0 Å². The summed E-state index contributed by atoms with van der Waals surface area (Å²) in [6, 6.07) is 18.0. The number of benzene rings is 3. The summed E-state index contributed by atoms with van der Waals surface area (Å²) in [5.41, 5.74) is 8.33. The summed E-state index contributed by atoms with van der Waals surface area (Å²) in [6.45, 7) is 7.37. The molecule has 0 saturated carbocycles. The van der Waals surface area contributed by atoms with E-state index in [4.69, 9.17) is 0 Å². The summed E-state index contributed by atoms with van der Waals surface area (Å²) in [5.74, 6) is 0. The fourth-order valence-electron chi connectivity index (χ4n) is 4.12. The molecule has 0 fully saturated rings. The predicted octanol–water partition coefficient (Wildman–Crippen LogP) is 8.28. The summed E-state index contributed by atoms with van der Waals surface area (Å²) < 4.78 is 0. The fraction of sp³-hybridized carbons (Fsp3) is 0.100. The van der Waals surface area contributed by atoms with Crippen LogP contribution < -0.4 is 0 Å². The SMILES string of the molecule is C=C=C/C=C/C/C=C1/Cc2cc3cc4ccccc4cc3cc2/C1=C/C/C=C/C=C. The Morgan fingerprint density at radius 3 is 2.27 bits per heavy atom. The lowest BCUT2D eigenvalue weighted by Crippen LogP contribution is -1.84. The zero-order valence-corrected chi connectivity index (χ0v) is 17.3. The Balaban J connectivity index is 1.77. The van der Waals surface area contributed by atoms with Crippen molar-refractivity contribution >= 4 is 27.1 Å². The number of allylic oxidation sites excluding steroid dienone is 10. The van der Waals surface area contributed by atoms with Crippen molar-refractivity contribution in [2.24, 2.45) is 0 Å². The van der Waals surface area contributed by atoms with E-state index >= 15 is 0 Å². The average molecular weight is 387 g/mol. The van der Waals surface area contributed by atoms with Crippen LogP contribution in [0.4, 0.5) is 0 Å². The molecule has 0 unspecified atom stereocenters. The van der Waals surface area contributed by atoms with Gasteiger partial charge in [0.2, 0.25) is 0 Å². The molecule has 0 heteroatoms. The third-order valence-electron chi connectivity index (χ3n) is 5.52. The van der Waals surface area contributed by atoms with Gasteiger partial charge in [-0.1, -0.05) is 86.0 Å². The van der Waals surface area contributed by atoms with Crippen molar-refractivity contribution in [3.63, 3.8) is 0 Å². The maximum absolute atomic E-state index is 3.77. The molecule has 0 saturated heterocycles.